The van der Waals surface area contributed by atoms with Crippen LogP contribution in [-0.2, 0) is 28.9 Å². The van der Waals surface area contributed by atoms with Gasteiger partial charge in [-0.05, 0) is 37.0 Å². The molecule has 4 rings (SSSR count). The third-order valence-electron chi connectivity index (χ3n) is 5.55. The molecule has 4 heteroatoms. The smallest absolute Gasteiger partial charge is 0.407 e. The quantitative estimate of drug-likeness (QED) is 0.518. The summed E-state index contributed by atoms with van der Waals surface area (Å²) in [5.41, 5.74) is 5.92. The van der Waals surface area contributed by atoms with Gasteiger partial charge in [-0.15, -0.1) is 0 Å². The molecule has 0 aromatic heterocycles. The van der Waals surface area contributed by atoms with Crippen LogP contribution in [0.5, 0.6) is 0 Å². The number of carbonyl (C=O) groups excluding carboxylic acids is 1. The van der Waals surface area contributed by atoms with E-state index < -0.39 is 6.09 Å². The van der Waals surface area contributed by atoms with Crippen LogP contribution < -0.4 is 5.32 Å². The van der Waals surface area contributed by atoms with Crippen LogP contribution in [0.3, 0.4) is 0 Å². The minimum absolute atomic E-state index is 0.0229. The van der Waals surface area contributed by atoms with Gasteiger partial charge in [-0.25, -0.2) is 4.79 Å². The molecule has 4 nitrogen and oxygen atoms in total. The molecule has 3 aromatic rings. The Kier molecular flexibility index (Phi) is 6.68. The Bertz CT molecular complexity index is 983. The first-order valence-corrected chi connectivity index (χ1v) is 10.8. The number of ether oxygens (including phenoxy) is 2. The standard InChI is InChI=1S/C27H29NO3/c1-19-13-20(2)15-23(14-19)17-25-26(31-25)24(16-21-9-5-3-6-10-21)28-27(29)30-18-22-11-7-4-8-12-22/h3-15,24-26H,16-18H2,1-2H3,(H,28,29)/t24-,25?,26?/m0/s1. The molecule has 0 saturated carbocycles. The van der Waals surface area contributed by atoms with Crippen LogP contribution in [0.2, 0.25) is 0 Å². The number of alkyl carbamates (subject to hydrolysis) is 1. The molecule has 160 valence electrons. The molecule has 31 heavy (non-hydrogen) atoms. The first kappa shape index (κ1) is 21.1. The summed E-state index contributed by atoms with van der Waals surface area (Å²) in [6.07, 6.45) is 1.22. The number of aryl methyl sites for hydroxylation is 2. The van der Waals surface area contributed by atoms with Gasteiger partial charge in [0.15, 0.2) is 0 Å². The number of epoxide rings is 1. The summed E-state index contributed by atoms with van der Waals surface area (Å²) in [6.45, 7) is 4.48. The lowest BCUT2D eigenvalue weighted by Crippen LogP contribution is -2.41. The fraction of sp³-hybridized carbons (Fsp3) is 0.296. The number of benzene rings is 3. The lowest BCUT2D eigenvalue weighted by molar-refractivity contribution is 0.133. The van der Waals surface area contributed by atoms with Crippen molar-refractivity contribution < 1.29 is 14.3 Å². The van der Waals surface area contributed by atoms with Crippen molar-refractivity contribution >= 4 is 6.09 Å². The van der Waals surface area contributed by atoms with Gasteiger partial charge in [0.25, 0.3) is 0 Å². The molecule has 1 fully saturated rings. The highest BCUT2D eigenvalue weighted by molar-refractivity contribution is 5.68. The summed E-state index contributed by atoms with van der Waals surface area (Å²) < 4.78 is 11.5. The predicted molar refractivity (Wildman–Crippen MR) is 122 cm³/mol. The predicted octanol–water partition coefficient (Wildman–Crippen LogP) is 5.15. The SMILES string of the molecule is Cc1cc(C)cc(CC2OC2[C@H](Cc2ccccc2)NC(=O)OCc2ccccc2)c1. The molecular weight excluding hydrogens is 386 g/mol. The lowest BCUT2D eigenvalue weighted by atomic mass is 9.98. The molecule has 3 aromatic carbocycles. The van der Waals surface area contributed by atoms with Gasteiger partial charge in [-0.2, -0.15) is 0 Å². The second-order valence-corrected chi connectivity index (χ2v) is 8.34. The summed E-state index contributed by atoms with van der Waals surface area (Å²) in [6, 6.07) is 26.3. The van der Waals surface area contributed by atoms with E-state index in [2.05, 4.69) is 49.5 Å². The molecule has 1 aliphatic heterocycles. The van der Waals surface area contributed by atoms with Crippen LogP contribution in [0.4, 0.5) is 4.79 Å². The van der Waals surface area contributed by atoms with Crippen LogP contribution >= 0.6 is 0 Å². The highest BCUT2D eigenvalue weighted by atomic mass is 16.6. The monoisotopic (exact) mass is 415 g/mol. The highest BCUT2D eigenvalue weighted by Gasteiger charge is 2.45. The van der Waals surface area contributed by atoms with Gasteiger partial charge in [0, 0.05) is 6.42 Å². The molecule has 2 unspecified atom stereocenters. The third-order valence-corrected chi connectivity index (χ3v) is 5.55. The summed E-state index contributed by atoms with van der Waals surface area (Å²) in [5, 5.41) is 3.05. The summed E-state index contributed by atoms with van der Waals surface area (Å²) in [7, 11) is 0. The maximum atomic E-state index is 12.5. The van der Waals surface area contributed by atoms with Gasteiger partial charge in [0.05, 0.1) is 12.1 Å². The number of carbonyl (C=O) groups is 1. The number of nitrogens with one attached hydrogen (secondary N) is 1. The Balaban J connectivity index is 1.39. The lowest BCUT2D eigenvalue weighted by Gasteiger charge is -2.17. The summed E-state index contributed by atoms with van der Waals surface area (Å²) >= 11 is 0. The highest BCUT2D eigenvalue weighted by Crippen LogP contribution is 2.31. The van der Waals surface area contributed by atoms with Crippen molar-refractivity contribution in [3.8, 4) is 0 Å². The van der Waals surface area contributed by atoms with E-state index in [9.17, 15) is 4.79 Å². The van der Waals surface area contributed by atoms with Crippen LogP contribution in [0.15, 0.2) is 78.9 Å². The molecule has 1 N–H and O–H groups in total. The zero-order valence-corrected chi connectivity index (χ0v) is 18.1. The largest absolute Gasteiger partial charge is 0.445 e. The molecule has 3 atom stereocenters. The average Bonchev–Trinajstić information content (AvgIpc) is 3.51. The fourth-order valence-electron chi connectivity index (χ4n) is 4.13. The number of hydrogen-bond acceptors (Lipinski definition) is 3. The Labute approximate surface area is 184 Å². The van der Waals surface area contributed by atoms with Gasteiger partial charge in [0.1, 0.15) is 12.7 Å². The van der Waals surface area contributed by atoms with Crippen molar-refractivity contribution in [2.45, 2.75) is 51.5 Å². The van der Waals surface area contributed by atoms with E-state index in [4.69, 9.17) is 9.47 Å². The second kappa shape index (κ2) is 9.80. The van der Waals surface area contributed by atoms with Crippen molar-refractivity contribution in [1.29, 1.82) is 0 Å². The van der Waals surface area contributed by atoms with Crippen molar-refractivity contribution in [3.05, 3.63) is 107 Å². The van der Waals surface area contributed by atoms with Gasteiger partial charge in [-0.3, -0.25) is 0 Å². The van der Waals surface area contributed by atoms with Crippen LogP contribution in [-0.4, -0.2) is 24.3 Å². The van der Waals surface area contributed by atoms with Crippen molar-refractivity contribution in [2.24, 2.45) is 0 Å². The van der Waals surface area contributed by atoms with Gasteiger partial charge in [0.2, 0.25) is 0 Å². The molecule has 0 radical (unpaired) electrons. The number of rotatable bonds is 8. The summed E-state index contributed by atoms with van der Waals surface area (Å²) in [4.78, 5) is 12.5. The Hall–Kier alpha value is -3.11. The number of amides is 1. The molecule has 0 bridgehead atoms. The van der Waals surface area contributed by atoms with Gasteiger partial charge in [-0.1, -0.05) is 90.0 Å². The Morgan fingerprint density at radius 3 is 2.16 bits per heavy atom. The number of hydrogen-bond donors (Lipinski definition) is 1. The normalized spacial score (nSPS) is 18.3. The van der Waals surface area contributed by atoms with E-state index in [1.807, 2.05) is 48.5 Å². The minimum Gasteiger partial charge on any atom is -0.445 e. The van der Waals surface area contributed by atoms with E-state index in [-0.39, 0.29) is 24.9 Å². The zero-order valence-electron chi connectivity index (χ0n) is 18.1. The minimum atomic E-state index is -0.412. The molecular formula is C27H29NO3. The topological polar surface area (TPSA) is 50.9 Å². The maximum absolute atomic E-state index is 12.5. The second-order valence-electron chi connectivity index (χ2n) is 8.34. The van der Waals surface area contributed by atoms with Crippen LogP contribution in [0, 0.1) is 13.8 Å². The third kappa shape index (κ3) is 6.19. The average molecular weight is 416 g/mol. The van der Waals surface area contributed by atoms with E-state index >= 15 is 0 Å². The molecule has 0 aliphatic carbocycles. The van der Waals surface area contributed by atoms with E-state index in [1.54, 1.807) is 0 Å². The molecule has 1 heterocycles. The molecule has 1 aliphatic rings. The van der Waals surface area contributed by atoms with Gasteiger partial charge >= 0.3 is 6.09 Å². The van der Waals surface area contributed by atoms with Crippen LogP contribution in [0.25, 0.3) is 0 Å². The fourth-order valence-corrected chi connectivity index (χ4v) is 4.13. The Morgan fingerprint density at radius 2 is 1.52 bits per heavy atom. The van der Waals surface area contributed by atoms with Gasteiger partial charge < -0.3 is 14.8 Å². The van der Waals surface area contributed by atoms with E-state index in [1.165, 1.54) is 16.7 Å². The van der Waals surface area contributed by atoms with Crippen molar-refractivity contribution in [2.75, 3.05) is 0 Å². The van der Waals surface area contributed by atoms with Crippen molar-refractivity contribution in [3.63, 3.8) is 0 Å². The first-order valence-electron chi connectivity index (χ1n) is 10.8. The molecule has 0 spiro atoms. The van der Waals surface area contributed by atoms with E-state index in [0.29, 0.717) is 6.42 Å². The van der Waals surface area contributed by atoms with Crippen LogP contribution in [0.1, 0.15) is 27.8 Å². The van der Waals surface area contributed by atoms with Crippen molar-refractivity contribution in [1.82, 2.24) is 5.32 Å². The maximum Gasteiger partial charge on any atom is 0.407 e. The molecule has 1 saturated heterocycles. The zero-order chi connectivity index (χ0) is 21.6. The Morgan fingerprint density at radius 1 is 0.903 bits per heavy atom. The summed E-state index contributed by atoms with van der Waals surface area (Å²) in [5.74, 6) is 0. The van der Waals surface area contributed by atoms with E-state index in [0.717, 1.165) is 17.5 Å². The first-order chi connectivity index (χ1) is 15.1. The molecule has 1 amide bonds.